The van der Waals surface area contributed by atoms with E-state index < -0.39 is 0 Å². The molecule has 0 spiro atoms. The molecule has 1 atom stereocenters. The summed E-state index contributed by atoms with van der Waals surface area (Å²) in [6.07, 6.45) is 5.17. The normalized spacial score (nSPS) is 19.1. The molecule has 1 rings (SSSR count). The summed E-state index contributed by atoms with van der Waals surface area (Å²) in [4.78, 5) is 15.3. The minimum Gasteiger partial charge on any atom is -0.385 e. The van der Waals surface area contributed by atoms with Gasteiger partial charge in [-0.3, -0.25) is 9.69 Å². The van der Waals surface area contributed by atoms with Crippen molar-refractivity contribution in [3.05, 3.63) is 0 Å². The number of hydrogen-bond donors (Lipinski definition) is 0. The van der Waals surface area contributed by atoms with E-state index in [1.807, 2.05) is 0 Å². The van der Waals surface area contributed by atoms with Gasteiger partial charge in [-0.05, 0) is 45.2 Å². The lowest BCUT2D eigenvalue weighted by molar-refractivity contribution is -0.135. The first-order valence-corrected chi connectivity index (χ1v) is 7.40. The van der Waals surface area contributed by atoms with Gasteiger partial charge in [0.2, 0.25) is 0 Å². The summed E-state index contributed by atoms with van der Waals surface area (Å²) < 4.78 is 5.10. The van der Waals surface area contributed by atoms with Crippen LogP contribution in [0.5, 0.6) is 0 Å². The molecule has 3 heteroatoms. The minimum atomic E-state index is -0.219. The van der Waals surface area contributed by atoms with E-state index in [4.69, 9.17) is 4.74 Å². The number of methoxy groups -OCH3 is 1. The van der Waals surface area contributed by atoms with Gasteiger partial charge in [0.25, 0.3) is 0 Å². The smallest absolute Gasteiger partial charge is 0.155 e. The van der Waals surface area contributed by atoms with E-state index in [1.165, 1.54) is 12.8 Å². The van der Waals surface area contributed by atoms with E-state index in [0.717, 1.165) is 32.4 Å². The van der Waals surface area contributed by atoms with Crippen molar-refractivity contribution in [2.45, 2.75) is 58.4 Å². The van der Waals surface area contributed by atoms with Gasteiger partial charge < -0.3 is 4.74 Å². The summed E-state index contributed by atoms with van der Waals surface area (Å²) in [5.74, 6) is 0.525. The SMILES string of the molecule is CCC(CC)(C(=O)C(C)CCOC)N1CCCC1. The molecular weight excluding hydrogens is 226 g/mol. The Labute approximate surface area is 112 Å². The van der Waals surface area contributed by atoms with Crippen LogP contribution in [0.4, 0.5) is 0 Å². The molecular formula is C15H29NO2. The number of carbonyl (C=O) groups excluding carboxylic acids is 1. The second-order valence-electron chi connectivity index (χ2n) is 5.48. The van der Waals surface area contributed by atoms with E-state index in [0.29, 0.717) is 12.4 Å². The molecule has 1 fully saturated rings. The lowest BCUT2D eigenvalue weighted by Crippen LogP contribution is -2.54. The third-order valence-electron chi connectivity index (χ3n) is 4.54. The number of hydrogen-bond acceptors (Lipinski definition) is 3. The second-order valence-corrected chi connectivity index (χ2v) is 5.48. The molecule has 0 radical (unpaired) electrons. The van der Waals surface area contributed by atoms with E-state index in [1.54, 1.807) is 7.11 Å². The first-order valence-electron chi connectivity index (χ1n) is 7.40. The van der Waals surface area contributed by atoms with E-state index in [-0.39, 0.29) is 11.5 Å². The topological polar surface area (TPSA) is 29.5 Å². The van der Waals surface area contributed by atoms with Gasteiger partial charge >= 0.3 is 0 Å². The molecule has 0 bridgehead atoms. The Morgan fingerprint density at radius 2 is 1.83 bits per heavy atom. The number of ketones is 1. The molecule has 0 aromatic heterocycles. The average Bonchev–Trinajstić information content (AvgIpc) is 2.92. The molecule has 0 N–H and O–H groups in total. The highest BCUT2D eigenvalue weighted by molar-refractivity contribution is 5.90. The molecule has 0 saturated carbocycles. The minimum absolute atomic E-state index is 0.102. The predicted molar refractivity (Wildman–Crippen MR) is 74.8 cm³/mol. The van der Waals surface area contributed by atoms with Gasteiger partial charge in [0.15, 0.2) is 5.78 Å². The maximum atomic E-state index is 12.8. The van der Waals surface area contributed by atoms with Crippen LogP contribution in [0.2, 0.25) is 0 Å². The highest BCUT2D eigenvalue weighted by atomic mass is 16.5. The van der Waals surface area contributed by atoms with E-state index >= 15 is 0 Å². The van der Waals surface area contributed by atoms with Gasteiger partial charge in [-0.2, -0.15) is 0 Å². The Balaban J connectivity index is 2.78. The van der Waals surface area contributed by atoms with Crippen molar-refractivity contribution in [3.8, 4) is 0 Å². The van der Waals surface area contributed by atoms with Crippen molar-refractivity contribution in [1.29, 1.82) is 0 Å². The van der Waals surface area contributed by atoms with Gasteiger partial charge in [0.1, 0.15) is 0 Å². The molecule has 3 nitrogen and oxygen atoms in total. The molecule has 0 aliphatic carbocycles. The molecule has 1 aliphatic heterocycles. The molecule has 0 amide bonds. The van der Waals surface area contributed by atoms with Gasteiger partial charge in [-0.1, -0.05) is 20.8 Å². The van der Waals surface area contributed by atoms with Crippen LogP contribution in [0.3, 0.4) is 0 Å². The summed E-state index contributed by atoms with van der Waals surface area (Å²) >= 11 is 0. The highest BCUT2D eigenvalue weighted by Gasteiger charge is 2.43. The predicted octanol–water partition coefficient (Wildman–Crippen LogP) is 2.88. The van der Waals surface area contributed by atoms with E-state index in [9.17, 15) is 4.79 Å². The third kappa shape index (κ3) is 3.12. The van der Waals surface area contributed by atoms with Crippen molar-refractivity contribution in [3.63, 3.8) is 0 Å². The van der Waals surface area contributed by atoms with Crippen molar-refractivity contribution in [2.24, 2.45) is 5.92 Å². The van der Waals surface area contributed by atoms with Gasteiger partial charge in [0, 0.05) is 19.6 Å². The van der Waals surface area contributed by atoms with Crippen LogP contribution in [0.1, 0.15) is 52.9 Å². The van der Waals surface area contributed by atoms with E-state index in [2.05, 4.69) is 25.7 Å². The summed E-state index contributed by atoms with van der Waals surface area (Å²) in [6.45, 7) is 9.22. The van der Waals surface area contributed by atoms with Gasteiger partial charge in [0.05, 0.1) is 5.54 Å². The Morgan fingerprint density at radius 3 is 2.28 bits per heavy atom. The summed E-state index contributed by atoms with van der Waals surface area (Å²) in [5, 5.41) is 0. The second kappa shape index (κ2) is 7.25. The quantitative estimate of drug-likeness (QED) is 0.668. The lowest BCUT2D eigenvalue weighted by atomic mass is 9.79. The summed E-state index contributed by atoms with van der Waals surface area (Å²) in [7, 11) is 1.70. The molecule has 106 valence electrons. The van der Waals surface area contributed by atoms with Crippen LogP contribution in [0.15, 0.2) is 0 Å². The summed E-state index contributed by atoms with van der Waals surface area (Å²) in [6, 6.07) is 0. The Bertz CT molecular complexity index is 255. The molecule has 1 saturated heterocycles. The maximum absolute atomic E-state index is 12.8. The number of carbonyl (C=O) groups is 1. The van der Waals surface area contributed by atoms with Crippen LogP contribution in [-0.4, -0.2) is 43.0 Å². The fraction of sp³-hybridized carbons (Fsp3) is 0.933. The number of nitrogens with zero attached hydrogens (tertiary/aromatic N) is 1. The Hall–Kier alpha value is -0.410. The van der Waals surface area contributed by atoms with Gasteiger partial charge in [-0.15, -0.1) is 0 Å². The molecule has 1 heterocycles. The third-order valence-corrected chi connectivity index (χ3v) is 4.54. The Kier molecular flexibility index (Phi) is 6.30. The zero-order chi connectivity index (χ0) is 13.6. The monoisotopic (exact) mass is 255 g/mol. The largest absolute Gasteiger partial charge is 0.385 e. The molecule has 18 heavy (non-hydrogen) atoms. The molecule has 0 aromatic rings. The number of Topliss-reactive ketones (excluding diaryl/α,β-unsaturated/α-hetero) is 1. The zero-order valence-electron chi connectivity index (χ0n) is 12.5. The number of rotatable bonds is 8. The lowest BCUT2D eigenvalue weighted by Gasteiger charge is -2.41. The highest BCUT2D eigenvalue weighted by Crippen LogP contribution is 2.32. The van der Waals surface area contributed by atoms with Crippen LogP contribution >= 0.6 is 0 Å². The standard InChI is InChI=1S/C15H29NO2/c1-5-15(6-2,16-10-7-8-11-16)14(17)13(3)9-12-18-4/h13H,5-12H2,1-4H3. The number of likely N-dealkylation sites (tertiary alicyclic amines) is 1. The van der Waals surface area contributed by atoms with Crippen LogP contribution in [0.25, 0.3) is 0 Å². The van der Waals surface area contributed by atoms with Crippen LogP contribution < -0.4 is 0 Å². The van der Waals surface area contributed by atoms with Crippen LogP contribution in [-0.2, 0) is 9.53 Å². The molecule has 1 unspecified atom stereocenters. The summed E-state index contributed by atoms with van der Waals surface area (Å²) in [5.41, 5.74) is -0.219. The first-order chi connectivity index (χ1) is 8.62. The number of ether oxygens (including phenoxy) is 1. The van der Waals surface area contributed by atoms with Gasteiger partial charge in [-0.25, -0.2) is 0 Å². The zero-order valence-corrected chi connectivity index (χ0v) is 12.5. The fourth-order valence-electron chi connectivity index (χ4n) is 3.23. The Morgan fingerprint density at radius 1 is 1.28 bits per heavy atom. The molecule has 0 aromatic carbocycles. The van der Waals surface area contributed by atoms with Crippen molar-refractivity contribution >= 4 is 5.78 Å². The average molecular weight is 255 g/mol. The fourth-order valence-corrected chi connectivity index (χ4v) is 3.23. The van der Waals surface area contributed by atoms with Crippen molar-refractivity contribution < 1.29 is 9.53 Å². The van der Waals surface area contributed by atoms with Crippen molar-refractivity contribution in [1.82, 2.24) is 4.90 Å². The molecule has 1 aliphatic rings. The van der Waals surface area contributed by atoms with Crippen molar-refractivity contribution in [2.75, 3.05) is 26.8 Å². The maximum Gasteiger partial charge on any atom is 0.155 e. The van der Waals surface area contributed by atoms with Crippen LogP contribution in [0, 0.1) is 5.92 Å². The first kappa shape index (κ1) is 15.6.